The van der Waals surface area contributed by atoms with Gasteiger partial charge in [0.25, 0.3) is 0 Å². The number of para-hydroxylation sites is 1. The molecule has 1 aromatic heterocycles. The average Bonchev–Trinajstić information content (AvgIpc) is 2.45. The zero-order valence-electron chi connectivity index (χ0n) is 11.9. The highest BCUT2D eigenvalue weighted by molar-refractivity contribution is 5.85. The van der Waals surface area contributed by atoms with E-state index in [0.717, 1.165) is 33.8 Å². The summed E-state index contributed by atoms with van der Waals surface area (Å²) < 4.78 is 0. The second kappa shape index (κ2) is 5.65. The first-order chi connectivity index (χ1) is 9.19. The van der Waals surface area contributed by atoms with Gasteiger partial charge in [-0.1, -0.05) is 24.3 Å². The van der Waals surface area contributed by atoms with Crippen molar-refractivity contribution in [3.63, 3.8) is 0 Å². The average molecular weight is 253 g/mol. The third-order valence-corrected chi connectivity index (χ3v) is 3.37. The van der Waals surface area contributed by atoms with Gasteiger partial charge in [0.15, 0.2) is 0 Å². The van der Waals surface area contributed by atoms with Crippen LogP contribution in [0, 0.1) is 13.8 Å². The van der Waals surface area contributed by atoms with Gasteiger partial charge in [0.05, 0.1) is 5.69 Å². The molecular formula is C16H19N3. The third-order valence-electron chi connectivity index (χ3n) is 3.37. The van der Waals surface area contributed by atoms with Gasteiger partial charge >= 0.3 is 0 Å². The quantitative estimate of drug-likeness (QED) is 0.908. The van der Waals surface area contributed by atoms with Gasteiger partial charge in [-0.05, 0) is 32.4 Å². The minimum absolute atomic E-state index is 0.998. The van der Waals surface area contributed by atoms with E-state index in [1.165, 1.54) is 0 Å². The van der Waals surface area contributed by atoms with Crippen LogP contribution in [0.5, 0.6) is 0 Å². The number of aryl methyl sites for hydroxylation is 1. The molecular weight excluding hydrogens is 234 g/mol. The predicted octanol–water partition coefficient (Wildman–Crippen LogP) is 3.59. The lowest BCUT2D eigenvalue weighted by atomic mass is 9.97. The molecule has 0 bridgehead atoms. The lowest BCUT2D eigenvalue weighted by Gasteiger charge is -2.14. The molecule has 0 unspecified atom stereocenters. The van der Waals surface area contributed by atoms with Crippen LogP contribution in [0.2, 0.25) is 0 Å². The van der Waals surface area contributed by atoms with Gasteiger partial charge in [-0.3, -0.25) is 0 Å². The van der Waals surface area contributed by atoms with Gasteiger partial charge in [0, 0.05) is 29.6 Å². The van der Waals surface area contributed by atoms with Gasteiger partial charge < -0.3 is 5.32 Å². The molecule has 0 saturated heterocycles. The molecule has 0 aliphatic heterocycles. The molecule has 0 saturated carbocycles. The summed E-state index contributed by atoms with van der Waals surface area (Å²) in [5, 5.41) is 3.23. The van der Waals surface area contributed by atoms with Gasteiger partial charge in [0.1, 0.15) is 6.33 Å². The minimum atomic E-state index is 0.998. The smallest absolute Gasteiger partial charge is 0.116 e. The van der Waals surface area contributed by atoms with Crippen LogP contribution < -0.4 is 5.32 Å². The Labute approximate surface area is 114 Å². The fraction of sp³-hybridized carbons (Fsp3) is 0.250. The van der Waals surface area contributed by atoms with Gasteiger partial charge in [0.2, 0.25) is 0 Å². The first kappa shape index (κ1) is 13.3. The number of hydrogen-bond donors (Lipinski definition) is 1. The van der Waals surface area contributed by atoms with Crippen LogP contribution >= 0.6 is 0 Å². The van der Waals surface area contributed by atoms with Gasteiger partial charge in [-0.15, -0.1) is 0 Å². The summed E-state index contributed by atoms with van der Waals surface area (Å²) >= 11 is 0. The first-order valence-corrected chi connectivity index (χ1v) is 6.41. The predicted molar refractivity (Wildman–Crippen MR) is 80.2 cm³/mol. The van der Waals surface area contributed by atoms with Crippen molar-refractivity contribution in [2.24, 2.45) is 0 Å². The van der Waals surface area contributed by atoms with Crippen molar-refractivity contribution in [2.45, 2.75) is 20.8 Å². The van der Waals surface area contributed by atoms with Crippen molar-refractivity contribution < 1.29 is 0 Å². The highest BCUT2D eigenvalue weighted by atomic mass is 14.8. The molecule has 0 aliphatic carbocycles. The van der Waals surface area contributed by atoms with Crippen LogP contribution in [0.1, 0.15) is 29.4 Å². The molecule has 0 fully saturated rings. The Hall–Kier alpha value is -2.16. The number of rotatable bonds is 3. The van der Waals surface area contributed by atoms with Crippen LogP contribution in [0.15, 0.2) is 36.7 Å². The zero-order valence-corrected chi connectivity index (χ0v) is 11.9. The van der Waals surface area contributed by atoms with E-state index in [1.807, 2.05) is 33.0 Å². The highest BCUT2D eigenvalue weighted by Crippen LogP contribution is 2.30. The molecule has 2 rings (SSSR count). The molecule has 1 N–H and O–H groups in total. The summed E-state index contributed by atoms with van der Waals surface area (Å²) in [5.74, 6) is 0. The molecule has 1 heterocycles. The Kier molecular flexibility index (Phi) is 3.95. The van der Waals surface area contributed by atoms with Crippen molar-refractivity contribution >= 4 is 11.3 Å². The standard InChI is InChI=1S/C16H19N3/c1-5-13(14-8-6-7-9-15(14)17-4)16-11(2)12(3)18-10-19-16/h5-10,17H,1-4H3/b13-5+. The maximum atomic E-state index is 4.45. The maximum absolute atomic E-state index is 4.45. The molecule has 0 amide bonds. The number of anilines is 1. The summed E-state index contributed by atoms with van der Waals surface area (Å²) in [6, 6.07) is 8.25. The first-order valence-electron chi connectivity index (χ1n) is 6.41. The van der Waals surface area contributed by atoms with Gasteiger partial charge in [-0.2, -0.15) is 0 Å². The molecule has 0 radical (unpaired) electrons. The van der Waals surface area contributed by atoms with E-state index in [-0.39, 0.29) is 0 Å². The summed E-state index contributed by atoms with van der Waals surface area (Å²) in [6.45, 7) is 6.12. The maximum Gasteiger partial charge on any atom is 0.116 e. The normalized spacial score (nSPS) is 11.5. The van der Waals surface area contributed by atoms with Crippen LogP contribution in [0.3, 0.4) is 0 Å². The molecule has 0 spiro atoms. The molecule has 19 heavy (non-hydrogen) atoms. The Balaban J connectivity index is 2.61. The van der Waals surface area contributed by atoms with Crippen LogP contribution in [-0.2, 0) is 0 Å². The van der Waals surface area contributed by atoms with Crippen molar-refractivity contribution in [1.82, 2.24) is 9.97 Å². The van der Waals surface area contributed by atoms with E-state index in [4.69, 9.17) is 0 Å². The SMILES string of the molecule is C/C=C(\c1ccccc1NC)c1ncnc(C)c1C. The van der Waals surface area contributed by atoms with E-state index in [2.05, 4.69) is 40.4 Å². The highest BCUT2D eigenvalue weighted by Gasteiger charge is 2.13. The Morgan fingerprint density at radius 3 is 2.58 bits per heavy atom. The summed E-state index contributed by atoms with van der Waals surface area (Å²) in [7, 11) is 1.93. The number of allylic oxidation sites excluding steroid dienone is 1. The minimum Gasteiger partial charge on any atom is -0.388 e. The van der Waals surface area contributed by atoms with Crippen LogP contribution in [0.25, 0.3) is 5.57 Å². The lowest BCUT2D eigenvalue weighted by molar-refractivity contribution is 1.04. The Morgan fingerprint density at radius 1 is 1.16 bits per heavy atom. The van der Waals surface area contributed by atoms with Crippen LogP contribution in [-0.4, -0.2) is 17.0 Å². The van der Waals surface area contributed by atoms with Crippen molar-refractivity contribution in [2.75, 3.05) is 12.4 Å². The van der Waals surface area contributed by atoms with E-state index in [0.29, 0.717) is 0 Å². The van der Waals surface area contributed by atoms with Gasteiger partial charge in [-0.25, -0.2) is 9.97 Å². The fourth-order valence-corrected chi connectivity index (χ4v) is 2.17. The molecule has 3 nitrogen and oxygen atoms in total. The molecule has 2 aromatic rings. The van der Waals surface area contributed by atoms with Crippen molar-refractivity contribution in [3.8, 4) is 0 Å². The summed E-state index contributed by atoms with van der Waals surface area (Å²) in [5.41, 5.74) is 6.54. The largest absolute Gasteiger partial charge is 0.388 e. The monoisotopic (exact) mass is 253 g/mol. The Bertz CT molecular complexity index is 615. The van der Waals surface area contributed by atoms with E-state index in [9.17, 15) is 0 Å². The molecule has 1 aromatic carbocycles. The van der Waals surface area contributed by atoms with E-state index < -0.39 is 0 Å². The molecule has 0 atom stereocenters. The van der Waals surface area contributed by atoms with Crippen molar-refractivity contribution in [1.29, 1.82) is 0 Å². The third kappa shape index (κ3) is 2.50. The van der Waals surface area contributed by atoms with E-state index >= 15 is 0 Å². The number of nitrogens with one attached hydrogen (secondary N) is 1. The number of benzene rings is 1. The number of nitrogens with zero attached hydrogens (tertiary/aromatic N) is 2. The summed E-state index contributed by atoms with van der Waals surface area (Å²) in [6.07, 6.45) is 3.73. The number of aromatic nitrogens is 2. The molecule has 0 aliphatic rings. The summed E-state index contributed by atoms with van der Waals surface area (Å²) in [4.78, 5) is 8.69. The zero-order chi connectivity index (χ0) is 13.8. The Morgan fingerprint density at radius 2 is 1.89 bits per heavy atom. The fourth-order valence-electron chi connectivity index (χ4n) is 2.17. The topological polar surface area (TPSA) is 37.8 Å². The van der Waals surface area contributed by atoms with Crippen LogP contribution in [0.4, 0.5) is 5.69 Å². The molecule has 98 valence electrons. The molecule has 3 heteroatoms. The van der Waals surface area contributed by atoms with E-state index in [1.54, 1.807) is 6.33 Å². The number of hydrogen-bond acceptors (Lipinski definition) is 3. The second-order valence-electron chi connectivity index (χ2n) is 4.43. The van der Waals surface area contributed by atoms with Crippen molar-refractivity contribution in [3.05, 3.63) is 59.2 Å². The lowest BCUT2D eigenvalue weighted by Crippen LogP contribution is -2.02. The second-order valence-corrected chi connectivity index (χ2v) is 4.43.